The van der Waals surface area contributed by atoms with Crippen molar-refractivity contribution in [3.63, 3.8) is 0 Å². The first-order valence-corrected chi connectivity index (χ1v) is 12.0. The Kier molecular flexibility index (Phi) is 6.15. The largest absolute Gasteiger partial charge is 0.356 e. The molecule has 0 unspecified atom stereocenters. The summed E-state index contributed by atoms with van der Waals surface area (Å²) in [6.45, 7) is 0.660. The third-order valence-corrected chi connectivity index (χ3v) is 7.12. The summed E-state index contributed by atoms with van der Waals surface area (Å²) in [6, 6.07) is 7.33. The van der Waals surface area contributed by atoms with Gasteiger partial charge in [0.1, 0.15) is 18.2 Å². The monoisotopic (exact) mass is 528 g/mol. The molecule has 0 aliphatic carbocycles. The fraction of sp³-hybridized carbons (Fsp3) is 0.174. The molecule has 1 aliphatic heterocycles. The number of nitriles is 1. The lowest BCUT2D eigenvalue weighted by Gasteiger charge is -2.41. The van der Waals surface area contributed by atoms with Gasteiger partial charge < -0.3 is 4.90 Å². The van der Waals surface area contributed by atoms with E-state index in [0.717, 1.165) is 15.6 Å². The number of halogens is 3. The van der Waals surface area contributed by atoms with Crippen LogP contribution in [0.5, 0.6) is 0 Å². The van der Waals surface area contributed by atoms with Gasteiger partial charge in [0.25, 0.3) is 5.56 Å². The van der Waals surface area contributed by atoms with E-state index in [0.29, 0.717) is 18.7 Å². The normalized spacial score (nSPS) is 13.5. The fourth-order valence-corrected chi connectivity index (χ4v) is 5.15. The van der Waals surface area contributed by atoms with Crippen LogP contribution in [0.3, 0.4) is 0 Å². The molecule has 0 amide bonds. The predicted octanol–water partition coefficient (Wildman–Crippen LogP) is 4.09. The van der Waals surface area contributed by atoms with Crippen LogP contribution in [0.4, 0.5) is 10.2 Å². The molecule has 4 heterocycles. The molecule has 1 aliphatic rings. The van der Waals surface area contributed by atoms with Gasteiger partial charge in [-0.1, -0.05) is 29.3 Å². The third kappa shape index (κ3) is 4.12. The van der Waals surface area contributed by atoms with Crippen molar-refractivity contribution in [3.8, 4) is 22.9 Å². The Hall–Kier alpha value is -3.52. The smallest absolute Gasteiger partial charge is 0.338 e. The second kappa shape index (κ2) is 9.26. The van der Waals surface area contributed by atoms with Crippen molar-refractivity contribution in [1.82, 2.24) is 19.1 Å². The van der Waals surface area contributed by atoms with Crippen molar-refractivity contribution >= 4 is 40.4 Å². The van der Waals surface area contributed by atoms with Crippen molar-refractivity contribution in [2.75, 3.05) is 18.0 Å². The number of thiazole rings is 1. The third-order valence-electron chi connectivity index (χ3n) is 5.69. The maximum atomic E-state index is 14.0. The van der Waals surface area contributed by atoms with E-state index in [9.17, 15) is 19.2 Å². The molecule has 4 aromatic rings. The quantitative estimate of drug-likeness (QED) is 0.387. The van der Waals surface area contributed by atoms with Crippen molar-refractivity contribution in [2.24, 2.45) is 0 Å². The number of benzene rings is 1. The van der Waals surface area contributed by atoms with Gasteiger partial charge in [0.15, 0.2) is 0 Å². The highest BCUT2D eigenvalue weighted by Crippen LogP contribution is 2.37. The Bertz CT molecular complexity index is 1590. The lowest BCUT2D eigenvalue weighted by atomic mass is 9.98. The van der Waals surface area contributed by atoms with Gasteiger partial charge in [-0.05, 0) is 23.8 Å². The number of anilines is 1. The van der Waals surface area contributed by atoms with E-state index in [-0.39, 0.29) is 39.6 Å². The zero-order valence-electron chi connectivity index (χ0n) is 17.9. The Labute approximate surface area is 212 Å². The number of nitrogens with zero attached hydrogens (tertiary/aromatic N) is 6. The predicted molar refractivity (Wildman–Crippen MR) is 132 cm³/mol. The highest BCUT2D eigenvalue weighted by molar-refractivity contribution is 7.09. The standard InChI is InChI=1S/C23H15Cl2FN6O2S/c24-15-8-16(10-28-9-15)32-22(33)19(13-1-2-18(26)17(25)7-13)21(31(5-3-27)23(32)34)30-11-14(12-30)20-29-4-6-35-20/h1-2,4,6-10,14H,5,11-12H2. The topological polar surface area (TPSA) is 96.8 Å². The molecule has 0 atom stereocenters. The van der Waals surface area contributed by atoms with Crippen molar-refractivity contribution in [1.29, 1.82) is 5.26 Å². The average Bonchev–Trinajstić information content (AvgIpc) is 3.32. The Morgan fingerprint density at radius 1 is 1.20 bits per heavy atom. The first-order valence-electron chi connectivity index (χ1n) is 10.4. The maximum absolute atomic E-state index is 14.0. The van der Waals surface area contributed by atoms with Crippen molar-refractivity contribution in [3.05, 3.63) is 89.9 Å². The summed E-state index contributed by atoms with van der Waals surface area (Å²) in [4.78, 5) is 37.6. The van der Waals surface area contributed by atoms with Gasteiger partial charge >= 0.3 is 5.69 Å². The minimum absolute atomic E-state index is 0.110. The summed E-state index contributed by atoms with van der Waals surface area (Å²) in [7, 11) is 0. The van der Waals surface area contributed by atoms with E-state index in [1.54, 1.807) is 6.20 Å². The molecule has 5 rings (SSSR count). The SMILES string of the molecule is N#CCn1c(N2CC(c3nccs3)C2)c(-c2ccc(F)c(Cl)c2)c(=O)n(-c2cncc(Cl)c2)c1=O. The van der Waals surface area contributed by atoms with Crippen LogP contribution in [0, 0.1) is 17.1 Å². The summed E-state index contributed by atoms with van der Waals surface area (Å²) < 4.78 is 16.1. The van der Waals surface area contributed by atoms with E-state index >= 15 is 0 Å². The molecule has 1 aromatic carbocycles. The lowest BCUT2D eigenvalue weighted by molar-refractivity contribution is 0.502. The van der Waals surface area contributed by atoms with Crippen LogP contribution < -0.4 is 16.1 Å². The first kappa shape index (κ1) is 23.2. The molecule has 12 heteroatoms. The average molecular weight is 529 g/mol. The van der Waals surface area contributed by atoms with E-state index in [4.69, 9.17) is 23.2 Å². The Morgan fingerprint density at radius 2 is 2.00 bits per heavy atom. The molecule has 0 bridgehead atoms. The van der Waals surface area contributed by atoms with Crippen LogP contribution in [0.2, 0.25) is 10.0 Å². The highest BCUT2D eigenvalue weighted by atomic mass is 35.5. The number of pyridine rings is 1. The number of hydrogen-bond donors (Lipinski definition) is 0. The van der Waals surface area contributed by atoms with Gasteiger partial charge in [-0.3, -0.25) is 14.3 Å². The van der Waals surface area contributed by atoms with Crippen LogP contribution in [0.15, 0.2) is 57.8 Å². The van der Waals surface area contributed by atoms with E-state index < -0.39 is 17.1 Å². The molecule has 0 saturated carbocycles. The molecular weight excluding hydrogens is 514 g/mol. The minimum Gasteiger partial charge on any atom is -0.356 e. The van der Waals surface area contributed by atoms with Gasteiger partial charge in [-0.2, -0.15) is 5.26 Å². The molecule has 176 valence electrons. The molecule has 1 fully saturated rings. The van der Waals surface area contributed by atoms with Gasteiger partial charge in [-0.25, -0.2) is 18.7 Å². The van der Waals surface area contributed by atoms with Crippen molar-refractivity contribution in [2.45, 2.75) is 12.5 Å². The zero-order valence-corrected chi connectivity index (χ0v) is 20.2. The van der Waals surface area contributed by atoms with Crippen LogP contribution in [-0.4, -0.2) is 32.2 Å². The van der Waals surface area contributed by atoms with Crippen LogP contribution in [0.25, 0.3) is 16.8 Å². The van der Waals surface area contributed by atoms with Gasteiger partial charge in [0.05, 0.1) is 38.6 Å². The van der Waals surface area contributed by atoms with Gasteiger partial charge in [-0.15, -0.1) is 11.3 Å². The molecule has 3 aromatic heterocycles. The van der Waals surface area contributed by atoms with E-state index in [1.807, 2.05) is 16.3 Å². The molecule has 0 radical (unpaired) electrons. The second-order valence-corrected chi connectivity index (χ2v) is 9.60. The van der Waals surface area contributed by atoms with Crippen molar-refractivity contribution < 1.29 is 4.39 Å². The number of rotatable bonds is 5. The fourth-order valence-electron chi connectivity index (χ4n) is 4.08. The summed E-state index contributed by atoms with van der Waals surface area (Å²) in [5, 5.41) is 12.4. The number of aromatic nitrogens is 4. The van der Waals surface area contributed by atoms with Gasteiger partial charge in [0, 0.05) is 36.8 Å². The molecule has 1 saturated heterocycles. The lowest BCUT2D eigenvalue weighted by Crippen LogP contribution is -2.50. The van der Waals surface area contributed by atoms with Crippen LogP contribution >= 0.6 is 34.5 Å². The van der Waals surface area contributed by atoms with E-state index in [1.165, 1.54) is 46.5 Å². The first-order chi connectivity index (χ1) is 16.9. The van der Waals surface area contributed by atoms with E-state index in [2.05, 4.69) is 9.97 Å². The highest BCUT2D eigenvalue weighted by Gasteiger charge is 2.35. The zero-order chi connectivity index (χ0) is 24.7. The van der Waals surface area contributed by atoms with Crippen LogP contribution in [-0.2, 0) is 6.54 Å². The Morgan fingerprint density at radius 3 is 2.66 bits per heavy atom. The summed E-state index contributed by atoms with van der Waals surface area (Å²) in [5.74, 6) is -0.261. The second-order valence-electron chi connectivity index (χ2n) is 7.83. The molecular formula is C23H15Cl2FN6O2S. The summed E-state index contributed by atoms with van der Waals surface area (Å²) >= 11 is 13.6. The maximum Gasteiger partial charge on any atom is 0.338 e. The minimum atomic E-state index is -0.717. The summed E-state index contributed by atoms with van der Waals surface area (Å²) in [5.41, 5.74) is -0.817. The van der Waals surface area contributed by atoms with Crippen LogP contribution in [0.1, 0.15) is 10.9 Å². The summed E-state index contributed by atoms with van der Waals surface area (Å²) in [6.07, 6.45) is 4.42. The molecule has 0 spiro atoms. The Balaban J connectivity index is 1.78. The van der Waals surface area contributed by atoms with Gasteiger partial charge in [0.2, 0.25) is 0 Å². The molecule has 35 heavy (non-hydrogen) atoms. The molecule has 0 N–H and O–H groups in total. The molecule has 8 nitrogen and oxygen atoms in total. The number of hydrogen-bond acceptors (Lipinski definition) is 7.